The zero-order chi connectivity index (χ0) is 16.0. The van der Waals surface area contributed by atoms with Crippen LogP contribution in [0.25, 0.3) is 0 Å². The molecule has 114 valence electrons. The van der Waals surface area contributed by atoms with Crippen LogP contribution in [0.5, 0.6) is 11.5 Å². The molecule has 0 unspecified atom stereocenters. The van der Waals surface area contributed by atoms with Crippen LogP contribution in [0.1, 0.15) is 5.56 Å². The summed E-state index contributed by atoms with van der Waals surface area (Å²) >= 11 is 4.65. The summed E-state index contributed by atoms with van der Waals surface area (Å²) < 4.78 is 8.56. The van der Waals surface area contributed by atoms with Crippen molar-refractivity contribution in [3.63, 3.8) is 0 Å². The molecule has 0 fully saturated rings. The lowest BCUT2D eigenvalue weighted by Gasteiger charge is -2.33. The van der Waals surface area contributed by atoms with Crippen LogP contribution in [0.4, 0.5) is 17.1 Å². The lowest BCUT2D eigenvalue weighted by atomic mass is 10.1. The van der Waals surface area contributed by atoms with E-state index in [9.17, 15) is 0 Å². The van der Waals surface area contributed by atoms with Gasteiger partial charge in [-0.2, -0.15) is 0 Å². The maximum atomic E-state index is 6.17. The van der Waals surface area contributed by atoms with Crippen LogP contribution in [-0.4, -0.2) is 0 Å². The number of nitrogens with zero attached hydrogens (tertiary/aromatic N) is 1. The first-order valence-electron chi connectivity index (χ1n) is 7.25. The number of aryl methyl sites for hydroxylation is 1. The molecule has 1 heterocycles. The van der Waals surface area contributed by atoms with Gasteiger partial charge in [-0.15, -0.1) is 0 Å². The third kappa shape index (κ3) is 2.82. The number of fused-ring (bicyclic) bond motifs is 2. The standard InChI is InChI=1S/C19H13I2NO/c1-12-2-8-16-18(10-12)23-19-11-14(21)5-9-17(19)22(16)15-6-3-13(20)4-7-15/h2-11H,1H3. The van der Waals surface area contributed by atoms with Gasteiger partial charge in [-0.3, -0.25) is 0 Å². The number of anilines is 3. The molecule has 3 aromatic rings. The van der Waals surface area contributed by atoms with E-state index in [0.717, 1.165) is 28.6 Å². The number of hydrogen-bond acceptors (Lipinski definition) is 2. The van der Waals surface area contributed by atoms with Crippen molar-refractivity contribution >= 4 is 62.2 Å². The largest absolute Gasteiger partial charge is 0.453 e. The third-order valence-corrected chi connectivity index (χ3v) is 5.21. The molecular weight excluding hydrogens is 512 g/mol. The van der Waals surface area contributed by atoms with Crippen LogP contribution in [-0.2, 0) is 0 Å². The fourth-order valence-corrected chi connectivity index (χ4v) is 3.58. The second-order valence-electron chi connectivity index (χ2n) is 5.50. The van der Waals surface area contributed by atoms with Crippen molar-refractivity contribution in [2.24, 2.45) is 0 Å². The van der Waals surface area contributed by atoms with Gasteiger partial charge in [0.2, 0.25) is 0 Å². The average Bonchev–Trinajstić information content (AvgIpc) is 2.53. The molecule has 0 N–H and O–H groups in total. The molecule has 3 aromatic carbocycles. The Kier molecular flexibility index (Phi) is 3.96. The molecule has 1 aliphatic heterocycles. The fourth-order valence-electron chi connectivity index (χ4n) is 2.76. The molecule has 0 radical (unpaired) electrons. The summed E-state index contributed by atoms with van der Waals surface area (Å²) in [5.41, 5.74) is 4.48. The normalized spacial score (nSPS) is 12.4. The highest BCUT2D eigenvalue weighted by Gasteiger charge is 2.25. The minimum Gasteiger partial charge on any atom is -0.453 e. The first-order valence-corrected chi connectivity index (χ1v) is 9.41. The molecule has 0 saturated carbocycles. The highest BCUT2D eigenvalue weighted by Crippen LogP contribution is 2.50. The van der Waals surface area contributed by atoms with Crippen molar-refractivity contribution in [2.45, 2.75) is 6.92 Å². The Morgan fingerprint density at radius 1 is 0.739 bits per heavy atom. The minimum atomic E-state index is 0.897. The molecule has 2 nitrogen and oxygen atoms in total. The van der Waals surface area contributed by atoms with Crippen molar-refractivity contribution in [2.75, 3.05) is 4.90 Å². The van der Waals surface area contributed by atoms with Gasteiger partial charge in [-0.25, -0.2) is 0 Å². The van der Waals surface area contributed by atoms with E-state index in [1.54, 1.807) is 0 Å². The Balaban J connectivity index is 1.95. The van der Waals surface area contributed by atoms with Gasteiger partial charge in [0.15, 0.2) is 11.5 Å². The molecule has 0 amide bonds. The summed E-state index contributed by atoms with van der Waals surface area (Å²) in [4.78, 5) is 2.26. The molecule has 0 spiro atoms. The second kappa shape index (κ2) is 5.98. The van der Waals surface area contributed by atoms with Gasteiger partial charge in [0.25, 0.3) is 0 Å². The monoisotopic (exact) mass is 525 g/mol. The Hall–Kier alpha value is -1.28. The van der Waals surface area contributed by atoms with Crippen molar-refractivity contribution in [3.05, 3.63) is 73.4 Å². The quantitative estimate of drug-likeness (QED) is 0.254. The lowest BCUT2D eigenvalue weighted by molar-refractivity contribution is 0.476. The maximum Gasteiger partial charge on any atom is 0.152 e. The van der Waals surface area contributed by atoms with Crippen molar-refractivity contribution < 1.29 is 4.74 Å². The van der Waals surface area contributed by atoms with Crippen LogP contribution in [0, 0.1) is 14.1 Å². The Morgan fingerprint density at radius 3 is 2.09 bits per heavy atom. The molecule has 1 aliphatic rings. The van der Waals surface area contributed by atoms with Gasteiger partial charge >= 0.3 is 0 Å². The van der Waals surface area contributed by atoms with Gasteiger partial charge in [0.05, 0.1) is 11.4 Å². The molecule has 4 rings (SSSR count). The molecule has 0 bridgehead atoms. The second-order valence-corrected chi connectivity index (χ2v) is 7.99. The van der Waals surface area contributed by atoms with Crippen LogP contribution in [0.3, 0.4) is 0 Å². The first kappa shape index (κ1) is 15.3. The molecule has 23 heavy (non-hydrogen) atoms. The number of halogens is 2. The highest BCUT2D eigenvalue weighted by molar-refractivity contribution is 14.1. The van der Waals surface area contributed by atoms with Crippen LogP contribution < -0.4 is 9.64 Å². The summed E-state index contributed by atoms with van der Waals surface area (Å²) in [6, 6.07) is 21.2. The molecule has 0 aliphatic carbocycles. The van der Waals surface area contributed by atoms with Gasteiger partial charge < -0.3 is 9.64 Å². The highest BCUT2D eigenvalue weighted by atomic mass is 127. The Labute approximate surface area is 162 Å². The van der Waals surface area contributed by atoms with Crippen LogP contribution >= 0.6 is 45.2 Å². The summed E-state index contributed by atoms with van der Waals surface area (Å²) in [5, 5.41) is 0. The number of benzene rings is 3. The summed E-state index contributed by atoms with van der Waals surface area (Å²) in [5.74, 6) is 1.80. The summed E-state index contributed by atoms with van der Waals surface area (Å²) in [6.07, 6.45) is 0. The molecule has 0 aromatic heterocycles. The van der Waals surface area contributed by atoms with E-state index in [1.165, 1.54) is 12.7 Å². The molecule has 0 atom stereocenters. The van der Waals surface area contributed by atoms with E-state index in [1.807, 2.05) is 0 Å². The first-order chi connectivity index (χ1) is 11.1. The van der Waals surface area contributed by atoms with Crippen molar-refractivity contribution in [3.8, 4) is 11.5 Å². The van der Waals surface area contributed by atoms with Crippen molar-refractivity contribution in [1.29, 1.82) is 0 Å². The van der Waals surface area contributed by atoms with E-state index in [-0.39, 0.29) is 0 Å². The van der Waals surface area contributed by atoms with Crippen LogP contribution in [0.15, 0.2) is 60.7 Å². The zero-order valence-electron chi connectivity index (χ0n) is 12.4. The van der Waals surface area contributed by atoms with E-state index in [2.05, 4.69) is 118 Å². The Bertz CT molecular complexity index is 839. The van der Waals surface area contributed by atoms with Gasteiger partial charge in [-0.1, -0.05) is 6.07 Å². The van der Waals surface area contributed by atoms with E-state index < -0.39 is 0 Å². The predicted molar refractivity (Wildman–Crippen MR) is 111 cm³/mol. The minimum absolute atomic E-state index is 0.897. The molecule has 0 saturated heterocycles. The van der Waals surface area contributed by atoms with Gasteiger partial charge in [0.1, 0.15) is 0 Å². The molecular formula is C19H13I2NO. The number of ether oxygens (including phenoxy) is 1. The SMILES string of the molecule is Cc1ccc2c(c1)Oc1cc(I)ccc1N2c1ccc(I)cc1. The van der Waals surface area contributed by atoms with Crippen LogP contribution in [0.2, 0.25) is 0 Å². The summed E-state index contributed by atoms with van der Waals surface area (Å²) in [6.45, 7) is 2.09. The number of rotatable bonds is 1. The van der Waals surface area contributed by atoms with Gasteiger partial charge in [0, 0.05) is 12.8 Å². The fraction of sp³-hybridized carbons (Fsp3) is 0.0526. The van der Waals surface area contributed by atoms with E-state index in [4.69, 9.17) is 4.74 Å². The topological polar surface area (TPSA) is 12.5 Å². The van der Waals surface area contributed by atoms with Crippen molar-refractivity contribution in [1.82, 2.24) is 0 Å². The number of hydrogen-bond donors (Lipinski definition) is 0. The maximum absolute atomic E-state index is 6.17. The average molecular weight is 525 g/mol. The third-order valence-electron chi connectivity index (χ3n) is 3.82. The smallest absolute Gasteiger partial charge is 0.152 e. The van der Waals surface area contributed by atoms with E-state index >= 15 is 0 Å². The zero-order valence-corrected chi connectivity index (χ0v) is 16.7. The summed E-state index contributed by atoms with van der Waals surface area (Å²) in [7, 11) is 0. The Morgan fingerprint density at radius 2 is 1.35 bits per heavy atom. The molecule has 4 heteroatoms. The lowest BCUT2D eigenvalue weighted by Crippen LogP contribution is -2.16. The van der Waals surface area contributed by atoms with Gasteiger partial charge in [-0.05, 0) is 112 Å². The predicted octanol–water partition coefficient (Wildman–Crippen LogP) is 6.78. The van der Waals surface area contributed by atoms with E-state index in [0.29, 0.717) is 0 Å².